The number of para-hydroxylation sites is 1. The molecule has 5 nitrogen and oxygen atoms in total. The Hall–Kier alpha value is -1.47. The average Bonchev–Trinajstić information content (AvgIpc) is 2.26. The van der Waals surface area contributed by atoms with E-state index in [2.05, 4.69) is 5.32 Å². The van der Waals surface area contributed by atoms with Gasteiger partial charge < -0.3 is 5.32 Å². The first-order valence-corrected chi connectivity index (χ1v) is 7.89. The molecule has 0 atom stereocenters. The van der Waals surface area contributed by atoms with Gasteiger partial charge in [0.15, 0.2) is 0 Å². The Morgan fingerprint density at radius 2 is 1.85 bits per heavy atom. The minimum Gasteiger partial charge on any atom is -0.322 e. The van der Waals surface area contributed by atoms with Gasteiger partial charge in [0.05, 0.1) is 18.5 Å². The van der Waals surface area contributed by atoms with Crippen LogP contribution in [0.1, 0.15) is 20.8 Å². The van der Waals surface area contributed by atoms with E-state index in [0.29, 0.717) is 0 Å². The Morgan fingerprint density at radius 3 is 2.30 bits per heavy atom. The molecule has 0 aliphatic heterocycles. The number of nitrogens with one attached hydrogen (secondary N) is 1. The standard InChI is InChI=1S/C13H19FN2O3S/c1-13(2,3)16(20(4,18)19)9-12(17)15-11-8-6-5-7-10(11)14/h5-8H,9H2,1-4H3,(H,15,17). The first-order valence-electron chi connectivity index (χ1n) is 6.04. The van der Waals surface area contributed by atoms with Gasteiger partial charge in [0, 0.05) is 5.54 Å². The first kappa shape index (κ1) is 16.6. The zero-order chi connectivity index (χ0) is 15.6. The lowest BCUT2D eigenvalue weighted by Gasteiger charge is -2.32. The third kappa shape index (κ3) is 4.57. The highest BCUT2D eigenvalue weighted by atomic mass is 32.2. The van der Waals surface area contributed by atoms with E-state index in [-0.39, 0.29) is 12.2 Å². The van der Waals surface area contributed by atoms with Crippen molar-refractivity contribution in [2.24, 2.45) is 0 Å². The van der Waals surface area contributed by atoms with E-state index in [1.807, 2.05) is 0 Å². The van der Waals surface area contributed by atoms with Gasteiger partial charge in [0.25, 0.3) is 0 Å². The van der Waals surface area contributed by atoms with Crippen LogP contribution in [0.3, 0.4) is 0 Å². The van der Waals surface area contributed by atoms with Crippen molar-refractivity contribution in [1.82, 2.24) is 4.31 Å². The molecule has 1 aromatic rings. The van der Waals surface area contributed by atoms with Crippen molar-refractivity contribution in [1.29, 1.82) is 0 Å². The van der Waals surface area contributed by atoms with Crippen molar-refractivity contribution >= 4 is 21.6 Å². The number of carbonyl (C=O) groups is 1. The van der Waals surface area contributed by atoms with Gasteiger partial charge in [0.1, 0.15) is 5.82 Å². The number of rotatable bonds is 4. The normalized spacial score (nSPS) is 12.5. The summed E-state index contributed by atoms with van der Waals surface area (Å²) in [5, 5.41) is 2.36. The molecule has 1 N–H and O–H groups in total. The highest BCUT2D eigenvalue weighted by Gasteiger charge is 2.31. The molecular weight excluding hydrogens is 283 g/mol. The van der Waals surface area contributed by atoms with Crippen LogP contribution in [0.4, 0.5) is 10.1 Å². The van der Waals surface area contributed by atoms with Gasteiger partial charge in [0.2, 0.25) is 15.9 Å². The van der Waals surface area contributed by atoms with Crippen LogP contribution in [-0.2, 0) is 14.8 Å². The molecule has 0 spiro atoms. The van der Waals surface area contributed by atoms with Crippen LogP contribution in [0.2, 0.25) is 0 Å². The van der Waals surface area contributed by atoms with E-state index < -0.39 is 27.3 Å². The molecule has 20 heavy (non-hydrogen) atoms. The zero-order valence-corrected chi connectivity index (χ0v) is 12.8. The number of anilines is 1. The molecule has 1 aromatic carbocycles. The Morgan fingerprint density at radius 1 is 1.30 bits per heavy atom. The van der Waals surface area contributed by atoms with Crippen molar-refractivity contribution in [3.05, 3.63) is 30.1 Å². The van der Waals surface area contributed by atoms with Gasteiger partial charge in [-0.15, -0.1) is 0 Å². The second-order valence-corrected chi connectivity index (χ2v) is 7.38. The lowest BCUT2D eigenvalue weighted by atomic mass is 10.1. The molecule has 0 aromatic heterocycles. The second kappa shape index (κ2) is 5.88. The number of halogens is 1. The molecule has 0 radical (unpaired) electrons. The summed E-state index contributed by atoms with van der Waals surface area (Å²) in [7, 11) is -3.54. The topological polar surface area (TPSA) is 66.5 Å². The van der Waals surface area contributed by atoms with Crippen molar-refractivity contribution in [2.45, 2.75) is 26.3 Å². The number of hydrogen-bond donors (Lipinski definition) is 1. The van der Waals surface area contributed by atoms with Crippen LogP contribution >= 0.6 is 0 Å². The monoisotopic (exact) mass is 302 g/mol. The van der Waals surface area contributed by atoms with E-state index in [0.717, 1.165) is 10.6 Å². The maximum Gasteiger partial charge on any atom is 0.239 e. The summed E-state index contributed by atoms with van der Waals surface area (Å²) >= 11 is 0. The van der Waals surface area contributed by atoms with Crippen LogP contribution in [-0.4, -0.2) is 37.0 Å². The highest BCUT2D eigenvalue weighted by Crippen LogP contribution is 2.18. The maximum absolute atomic E-state index is 13.4. The Balaban J connectivity index is 2.86. The highest BCUT2D eigenvalue weighted by molar-refractivity contribution is 7.88. The summed E-state index contributed by atoms with van der Waals surface area (Å²) in [5.41, 5.74) is -0.708. The molecule has 7 heteroatoms. The summed E-state index contributed by atoms with van der Waals surface area (Å²) in [6, 6.07) is 5.71. The third-order valence-electron chi connectivity index (χ3n) is 2.58. The number of sulfonamides is 1. The predicted molar refractivity (Wildman–Crippen MR) is 76.3 cm³/mol. The summed E-state index contributed by atoms with van der Waals surface area (Å²) in [6.07, 6.45) is 1.04. The number of nitrogens with zero attached hydrogens (tertiary/aromatic N) is 1. The summed E-state index contributed by atoms with van der Waals surface area (Å²) < 4.78 is 37.9. The van der Waals surface area contributed by atoms with Crippen molar-refractivity contribution < 1.29 is 17.6 Å². The van der Waals surface area contributed by atoms with Crippen LogP contribution in [0, 0.1) is 5.82 Å². The summed E-state index contributed by atoms with van der Waals surface area (Å²) in [5.74, 6) is -1.15. The van der Waals surface area contributed by atoms with Crippen LogP contribution in [0.5, 0.6) is 0 Å². The van der Waals surface area contributed by atoms with Gasteiger partial charge in [-0.1, -0.05) is 12.1 Å². The number of benzene rings is 1. The van der Waals surface area contributed by atoms with Crippen molar-refractivity contribution in [2.75, 3.05) is 18.1 Å². The number of amides is 1. The lowest BCUT2D eigenvalue weighted by molar-refractivity contribution is -0.117. The predicted octanol–water partition coefficient (Wildman–Crippen LogP) is 1.82. The van der Waals surface area contributed by atoms with Crippen molar-refractivity contribution in [3.8, 4) is 0 Å². The van der Waals surface area contributed by atoms with E-state index in [1.165, 1.54) is 18.2 Å². The Kier molecular flexibility index (Phi) is 4.88. The molecule has 0 bridgehead atoms. The molecule has 112 valence electrons. The molecule has 0 aliphatic rings. The fraction of sp³-hybridized carbons (Fsp3) is 0.462. The molecular formula is C13H19FN2O3S. The fourth-order valence-electron chi connectivity index (χ4n) is 1.73. The van der Waals surface area contributed by atoms with Gasteiger partial charge in [-0.25, -0.2) is 12.8 Å². The first-order chi connectivity index (χ1) is 9.01. The zero-order valence-electron chi connectivity index (χ0n) is 12.0. The van der Waals surface area contributed by atoms with Crippen LogP contribution in [0.15, 0.2) is 24.3 Å². The quantitative estimate of drug-likeness (QED) is 0.922. The molecule has 0 fully saturated rings. The van der Waals surface area contributed by atoms with E-state index in [9.17, 15) is 17.6 Å². The largest absolute Gasteiger partial charge is 0.322 e. The third-order valence-corrected chi connectivity index (χ3v) is 4.06. The molecule has 0 heterocycles. The van der Waals surface area contributed by atoms with E-state index in [4.69, 9.17) is 0 Å². The SMILES string of the molecule is CC(C)(C)N(CC(=O)Nc1ccccc1F)S(C)(=O)=O. The van der Waals surface area contributed by atoms with E-state index in [1.54, 1.807) is 26.8 Å². The van der Waals surface area contributed by atoms with Gasteiger partial charge in [-0.2, -0.15) is 4.31 Å². The number of hydrogen-bond acceptors (Lipinski definition) is 3. The molecule has 1 amide bonds. The molecule has 0 aliphatic carbocycles. The minimum absolute atomic E-state index is 0.0276. The van der Waals surface area contributed by atoms with Crippen LogP contribution < -0.4 is 5.32 Å². The number of carbonyl (C=O) groups excluding carboxylic acids is 1. The summed E-state index contributed by atoms with van der Waals surface area (Å²) in [4.78, 5) is 11.9. The molecule has 1 rings (SSSR count). The van der Waals surface area contributed by atoms with Gasteiger partial charge in [-0.05, 0) is 32.9 Å². The van der Waals surface area contributed by atoms with E-state index >= 15 is 0 Å². The maximum atomic E-state index is 13.4. The van der Waals surface area contributed by atoms with Gasteiger partial charge in [-0.3, -0.25) is 4.79 Å². The van der Waals surface area contributed by atoms with Crippen LogP contribution in [0.25, 0.3) is 0 Å². The Labute approximate surface area is 118 Å². The molecule has 0 unspecified atom stereocenters. The summed E-state index contributed by atoms with van der Waals surface area (Å²) in [6.45, 7) is 4.69. The minimum atomic E-state index is -3.54. The van der Waals surface area contributed by atoms with Gasteiger partial charge >= 0.3 is 0 Å². The molecule has 0 saturated carbocycles. The van der Waals surface area contributed by atoms with Crippen molar-refractivity contribution in [3.63, 3.8) is 0 Å². The smallest absolute Gasteiger partial charge is 0.239 e. The fourth-order valence-corrected chi connectivity index (χ4v) is 3.08. The second-order valence-electron chi connectivity index (χ2n) is 5.47. The lowest BCUT2D eigenvalue weighted by Crippen LogP contribution is -2.48. The average molecular weight is 302 g/mol. The Bertz CT molecular complexity index is 594. The molecule has 0 saturated heterocycles.